The zero-order valence-electron chi connectivity index (χ0n) is 44.2. The van der Waals surface area contributed by atoms with Crippen LogP contribution in [0.3, 0.4) is 0 Å². The Morgan fingerprint density at radius 2 is 0.939 bits per heavy atom. The van der Waals surface area contributed by atoms with Gasteiger partial charge in [-0.2, -0.15) is 6.07 Å². The van der Waals surface area contributed by atoms with Crippen LogP contribution >= 0.6 is 0 Å². The summed E-state index contributed by atoms with van der Waals surface area (Å²) in [6.45, 7) is 1.74. The topological polar surface area (TPSA) is 42.8 Å². The second kappa shape index (κ2) is 21.6. The van der Waals surface area contributed by atoms with Gasteiger partial charge < -0.3 is 23.8 Å². The number of hydrogen-bond donors (Lipinski definition) is 0. The summed E-state index contributed by atoms with van der Waals surface area (Å²) in [5, 5.41) is 2.18. The number of hydrogen-bond acceptors (Lipinski definition) is 5. The van der Waals surface area contributed by atoms with Crippen molar-refractivity contribution < 1.29 is 30.5 Å². The minimum absolute atomic E-state index is 0. The number of anilines is 2. The fraction of sp³-hybridized carbons (Fsp3) is 0. The van der Waals surface area contributed by atoms with Gasteiger partial charge in [0.15, 0.2) is 0 Å². The SMILES string of the molecule is [Pt].[c-]1c(Oc2[c-]c3c(cc2)c2ccccc2n3-c2ccccn2)ccc2c1N1[CH-]N(c3c(-c4cc(-c5ccccc5)cc(-c5ccccc5)c4)cccc3-c3cc(-c4ccccc4)cc(-c4ccccc4)c3)C=C1B(c1ccccc1)O2. The van der Waals surface area contributed by atoms with Gasteiger partial charge in [-0.25, -0.2) is 4.98 Å². The van der Waals surface area contributed by atoms with Gasteiger partial charge >= 0.3 is 6.92 Å². The maximum Gasteiger partial charge on any atom is 0.430 e. The molecular formula is C74H48BN4O2Pt-3. The van der Waals surface area contributed by atoms with E-state index in [4.69, 9.17) is 14.4 Å². The monoisotopic (exact) mass is 1230 g/mol. The zero-order valence-corrected chi connectivity index (χ0v) is 46.5. The number of aromatic nitrogens is 2. The molecule has 0 saturated heterocycles. The Balaban J connectivity index is 0.00000602. The van der Waals surface area contributed by atoms with Crippen LogP contribution in [0, 0.1) is 18.8 Å². The fourth-order valence-corrected chi connectivity index (χ4v) is 11.6. The van der Waals surface area contributed by atoms with Crippen LogP contribution in [-0.2, 0) is 21.1 Å². The number of ether oxygens (including phenoxy) is 1. The average Bonchev–Trinajstić information content (AvgIpc) is 4.25. The van der Waals surface area contributed by atoms with Crippen LogP contribution in [0.15, 0.2) is 291 Å². The molecule has 0 aliphatic carbocycles. The maximum atomic E-state index is 7.10. The van der Waals surface area contributed by atoms with Crippen molar-refractivity contribution in [1.29, 1.82) is 0 Å². The van der Waals surface area contributed by atoms with E-state index in [0.29, 0.717) is 17.2 Å². The van der Waals surface area contributed by atoms with Gasteiger partial charge in [-0.1, -0.05) is 205 Å². The van der Waals surface area contributed by atoms with Gasteiger partial charge in [0.05, 0.1) is 0 Å². The number of pyridine rings is 1. The molecule has 2 aliphatic heterocycles. The van der Waals surface area contributed by atoms with E-state index >= 15 is 0 Å². The molecule has 6 nitrogen and oxygen atoms in total. The minimum atomic E-state index is -0.447. The van der Waals surface area contributed by atoms with Crippen molar-refractivity contribution in [2.45, 2.75) is 0 Å². The molecule has 82 heavy (non-hydrogen) atoms. The first-order chi connectivity index (χ1) is 40.1. The van der Waals surface area contributed by atoms with Crippen molar-refractivity contribution in [2.75, 3.05) is 9.80 Å². The Morgan fingerprint density at radius 3 is 1.50 bits per heavy atom. The molecule has 2 aromatic heterocycles. The van der Waals surface area contributed by atoms with Crippen molar-refractivity contribution in [3.63, 3.8) is 0 Å². The summed E-state index contributed by atoms with van der Waals surface area (Å²) in [5.41, 5.74) is 19.0. The van der Waals surface area contributed by atoms with E-state index in [0.717, 1.165) is 117 Å². The third-order valence-electron chi connectivity index (χ3n) is 15.4. The Bertz CT molecular complexity index is 4240. The largest absolute Gasteiger partial charge is 0.612 e. The molecule has 15 rings (SSSR count). The van der Waals surface area contributed by atoms with Gasteiger partial charge in [-0.3, -0.25) is 0 Å². The molecule has 0 N–H and O–H groups in total. The summed E-state index contributed by atoms with van der Waals surface area (Å²) in [7, 11) is 0. The van der Waals surface area contributed by atoms with Crippen LogP contribution in [0.25, 0.3) is 94.4 Å². The molecule has 11 aromatic carbocycles. The van der Waals surface area contributed by atoms with Crippen LogP contribution in [0.1, 0.15) is 0 Å². The number of nitrogens with zero attached hydrogens (tertiary/aromatic N) is 4. The molecule has 0 bridgehead atoms. The van der Waals surface area contributed by atoms with Crippen LogP contribution in [0.5, 0.6) is 17.2 Å². The van der Waals surface area contributed by atoms with Gasteiger partial charge in [0, 0.05) is 72.4 Å². The third-order valence-corrected chi connectivity index (χ3v) is 15.4. The van der Waals surface area contributed by atoms with Gasteiger partial charge in [-0.15, -0.1) is 42.4 Å². The van der Waals surface area contributed by atoms with Crippen molar-refractivity contribution in [3.05, 3.63) is 310 Å². The molecule has 0 amide bonds. The van der Waals surface area contributed by atoms with Crippen molar-refractivity contribution in [3.8, 4) is 89.8 Å². The molecule has 392 valence electrons. The van der Waals surface area contributed by atoms with Crippen molar-refractivity contribution >= 4 is 45.6 Å². The molecule has 0 atom stereocenters. The van der Waals surface area contributed by atoms with Crippen molar-refractivity contribution in [1.82, 2.24) is 9.55 Å². The molecule has 0 unspecified atom stereocenters. The summed E-state index contributed by atoms with van der Waals surface area (Å²) in [6.07, 6.45) is 4.05. The van der Waals surface area contributed by atoms with Crippen LogP contribution in [0.4, 0.5) is 11.4 Å². The standard InChI is InChI=1S/C74H48BN4O2.Pt/c1-6-21-51(22-7-1)55-41-56(52-23-8-2-9-24-52)44-59(43-55)64-32-20-33-65(60-45-57(53-25-10-3-11-26-53)42-58(46-60)54-27-12-4-13-28-54)74(64)77-49-72-75(61-29-14-5-15-30-61)81-71-39-37-63(48-70(71)78(72)50-77)80-62-36-38-67-66-31-16-17-34-68(66)79(69(67)47-62)73-35-18-19-40-76-73;/h1-46,49-50H;/q-3;. The number of fused-ring (bicyclic) bond motifs is 6. The summed E-state index contributed by atoms with van der Waals surface area (Å²) in [6, 6.07) is 103. The Labute approximate surface area is 491 Å². The molecule has 2 aliphatic rings. The third kappa shape index (κ3) is 9.35. The maximum absolute atomic E-state index is 7.10. The Kier molecular flexibility index (Phi) is 13.3. The van der Waals surface area contributed by atoms with Crippen LogP contribution < -0.4 is 24.7 Å². The predicted octanol–water partition coefficient (Wildman–Crippen LogP) is 17.7. The summed E-state index contributed by atoms with van der Waals surface area (Å²) < 4.78 is 16.0. The normalized spacial score (nSPS) is 12.6. The van der Waals surface area contributed by atoms with E-state index in [-0.39, 0.29) is 21.1 Å². The molecule has 0 radical (unpaired) electrons. The molecule has 13 aromatic rings. The van der Waals surface area contributed by atoms with E-state index in [1.165, 1.54) is 0 Å². The van der Waals surface area contributed by atoms with Crippen molar-refractivity contribution in [2.24, 2.45) is 0 Å². The quantitative estimate of drug-likeness (QED) is 0.0954. The molecule has 8 heteroatoms. The summed E-state index contributed by atoms with van der Waals surface area (Å²) in [5.74, 6) is 2.57. The average molecular weight is 1230 g/mol. The zero-order chi connectivity index (χ0) is 53.6. The van der Waals surface area contributed by atoms with E-state index < -0.39 is 6.92 Å². The van der Waals surface area contributed by atoms with Gasteiger partial charge in [0.1, 0.15) is 5.82 Å². The number of para-hydroxylation sites is 2. The summed E-state index contributed by atoms with van der Waals surface area (Å²) >= 11 is 0. The molecule has 4 heterocycles. The van der Waals surface area contributed by atoms with E-state index in [1.807, 2.05) is 48.7 Å². The van der Waals surface area contributed by atoms with Gasteiger partial charge in [0.25, 0.3) is 0 Å². The molecular weight excluding hydrogens is 1180 g/mol. The van der Waals surface area contributed by atoms with E-state index in [2.05, 4.69) is 270 Å². The second-order valence-electron chi connectivity index (χ2n) is 20.4. The summed E-state index contributed by atoms with van der Waals surface area (Å²) in [4.78, 5) is 9.26. The van der Waals surface area contributed by atoms with Crippen LogP contribution in [-0.4, -0.2) is 16.5 Å². The second-order valence-corrected chi connectivity index (χ2v) is 20.4. The van der Waals surface area contributed by atoms with E-state index in [1.54, 1.807) is 0 Å². The van der Waals surface area contributed by atoms with Crippen LogP contribution in [0.2, 0.25) is 0 Å². The molecule has 0 spiro atoms. The number of benzene rings is 11. The Hall–Kier alpha value is -9.94. The van der Waals surface area contributed by atoms with Gasteiger partial charge in [-0.05, 0) is 127 Å². The smallest absolute Gasteiger partial charge is 0.430 e. The van der Waals surface area contributed by atoms with E-state index in [9.17, 15) is 0 Å². The number of rotatable bonds is 11. The predicted molar refractivity (Wildman–Crippen MR) is 332 cm³/mol. The Morgan fingerprint density at radius 1 is 0.439 bits per heavy atom. The minimum Gasteiger partial charge on any atom is -0.612 e. The molecule has 0 saturated carbocycles. The fourth-order valence-electron chi connectivity index (χ4n) is 11.6. The first-order valence-corrected chi connectivity index (χ1v) is 27.3. The van der Waals surface area contributed by atoms with Gasteiger partial charge in [0.2, 0.25) is 0 Å². The first-order valence-electron chi connectivity index (χ1n) is 27.3. The first kappa shape index (κ1) is 50.3. The molecule has 0 fully saturated rings.